The van der Waals surface area contributed by atoms with Crippen LogP contribution in [0.15, 0.2) is 24.5 Å². The molecule has 2 rings (SSSR count). The molecule has 21 heavy (non-hydrogen) atoms. The quantitative estimate of drug-likeness (QED) is 0.665. The first-order chi connectivity index (χ1) is 9.86. The first-order valence-electron chi connectivity index (χ1n) is 7.47. The van der Waals surface area contributed by atoms with Gasteiger partial charge in [0.15, 0.2) is 0 Å². The van der Waals surface area contributed by atoms with E-state index < -0.39 is 0 Å². The molecule has 1 fully saturated rings. The lowest BCUT2D eigenvalue weighted by atomic mass is 9.80. The van der Waals surface area contributed by atoms with Crippen molar-refractivity contribution in [3.63, 3.8) is 0 Å². The van der Waals surface area contributed by atoms with E-state index in [0.717, 1.165) is 24.0 Å². The number of nitrogens with one attached hydrogen (secondary N) is 1. The Kier molecular flexibility index (Phi) is 4.86. The van der Waals surface area contributed by atoms with Crippen LogP contribution >= 0.6 is 0 Å². The van der Waals surface area contributed by atoms with Crippen LogP contribution in [0.2, 0.25) is 0 Å². The Morgan fingerprint density at radius 3 is 2.48 bits per heavy atom. The van der Waals surface area contributed by atoms with Crippen LogP contribution in [0.4, 0.5) is 0 Å². The van der Waals surface area contributed by atoms with E-state index in [1.807, 2.05) is 19.4 Å². The van der Waals surface area contributed by atoms with E-state index in [0.29, 0.717) is 0 Å². The van der Waals surface area contributed by atoms with Crippen molar-refractivity contribution in [3.8, 4) is 0 Å². The fraction of sp³-hybridized carbons (Fsp3) is 0.562. The van der Waals surface area contributed by atoms with Crippen LogP contribution in [0.5, 0.6) is 0 Å². The summed E-state index contributed by atoms with van der Waals surface area (Å²) in [5, 5.41) is 3.12. The average molecular weight is 288 g/mol. The molecule has 4 nitrogen and oxygen atoms in total. The molecule has 0 amide bonds. The van der Waals surface area contributed by atoms with Crippen LogP contribution in [0.3, 0.4) is 0 Å². The second-order valence-electron chi connectivity index (χ2n) is 6.43. The average Bonchev–Trinajstić information content (AvgIpc) is 2.64. The molecule has 5 heteroatoms. The molecule has 0 aliphatic carbocycles. The molecule has 1 saturated heterocycles. The molecular weight excluding hydrogens is 263 g/mol. The lowest BCUT2D eigenvalue weighted by Gasteiger charge is -2.32. The van der Waals surface area contributed by atoms with Gasteiger partial charge in [0, 0.05) is 17.9 Å². The van der Waals surface area contributed by atoms with Crippen molar-refractivity contribution < 1.29 is 9.31 Å². The molecule has 0 radical (unpaired) electrons. The SMILES string of the molecule is CNCCC=Cc1cncc(B2OC(C)(C)C(C)(C)O2)c1. The molecule has 0 spiro atoms. The predicted molar refractivity (Wildman–Crippen MR) is 87.5 cm³/mol. The third-order valence-electron chi connectivity index (χ3n) is 4.18. The maximum absolute atomic E-state index is 6.05. The summed E-state index contributed by atoms with van der Waals surface area (Å²) in [6.07, 6.45) is 8.88. The minimum absolute atomic E-state index is 0.323. The molecule has 1 aromatic rings. The van der Waals surface area contributed by atoms with Gasteiger partial charge in [-0.05, 0) is 53.3 Å². The first kappa shape index (κ1) is 16.2. The predicted octanol–water partition coefficient (Wildman–Crippen LogP) is 2.00. The number of hydrogen-bond acceptors (Lipinski definition) is 4. The van der Waals surface area contributed by atoms with E-state index in [2.05, 4.69) is 56.2 Å². The fourth-order valence-corrected chi connectivity index (χ4v) is 2.12. The van der Waals surface area contributed by atoms with E-state index in [1.165, 1.54) is 0 Å². The van der Waals surface area contributed by atoms with Gasteiger partial charge in [0.05, 0.1) is 11.2 Å². The van der Waals surface area contributed by atoms with E-state index in [4.69, 9.17) is 9.31 Å². The fourth-order valence-electron chi connectivity index (χ4n) is 2.12. The van der Waals surface area contributed by atoms with Gasteiger partial charge in [-0.3, -0.25) is 4.98 Å². The Labute approximate surface area is 128 Å². The third-order valence-corrected chi connectivity index (χ3v) is 4.18. The van der Waals surface area contributed by atoms with Crippen LogP contribution in [0.25, 0.3) is 6.08 Å². The summed E-state index contributed by atoms with van der Waals surface area (Å²) in [5.41, 5.74) is 1.38. The van der Waals surface area contributed by atoms with Crippen LogP contribution in [-0.4, -0.2) is 36.9 Å². The van der Waals surface area contributed by atoms with Gasteiger partial charge >= 0.3 is 7.12 Å². The van der Waals surface area contributed by atoms with Crippen LogP contribution in [0.1, 0.15) is 39.7 Å². The molecule has 0 atom stereocenters. The van der Waals surface area contributed by atoms with Crippen molar-refractivity contribution in [3.05, 3.63) is 30.1 Å². The molecule has 0 aromatic carbocycles. The molecule has 1 N–H and O–H groups in total. The van der Waals surface area contributed by atoms with Gasteiger partial charge in [0.2, 0.25) is 0 Å². The molecule has 1 aliphatic rings. The van der Waals surface area contributed by atoms with E-state index in [9.17, 15) is 0 Å². The van der Waals surface area contributed by atoms with Gasteiger partial charge in [0.1, 0.15) is 0 Å². The first-order valence-corrected chi connectivity index (χ1v) is 7.47. The van der Waals surface area contributed by atoms with Gasteiger partial charge in [-0.1, -0.05) is 18.2 Å². The Bertz CT molecular complexity index is 499. The normalized spacial score (nSPS) is 20.3. The van der Waals surface area contributed by atoms with Crippen molar-refractivity contribution in [2.24, 2.45) is 0 Å². The molecular formula is C16H25BN2O2. The van der Waals surface area contributed by atoms with E-state index >= 15 is 0 Å². The van der Waals surface area contributed by atoms with E-state index in [-0.39, 0.29) is 18.3 Å². The Morgan fingerprint density at radius 1 is 1.19 bits per heavy atom. The zero-order chi connectivity index (χ0) is 15.5. The Morgan fingerprint density at radius 2 is 1.86 bits per heavy atom. The summed E-state index contributed by atoms with van der Waals surface area (Å²) in [5.74, 6) is 0. The van der Waals surface area contributed by atoms with Crippen molar-refractivity contribution in [2.75, 3.05) is 13.6 Å². The Balaban J connectivity index is 2.10. The number of rotatable bonds is 5. The zero-order valence-corrected chi connectivity index (χ0v) is 13.6. The lowest BCUT2D eigenvalue weighted by Crippen LogP contribution is -2.41. The number of aromatic nitrogens is 1. The summed E-state index contributed by atoms with van der Waals surface area (Å²) in [7, 11) is 1.60. The maximum atomic E-state index is 6.05. The molecule has 0 unspecified atom stereocenters. The molecule has 114 valence electrons. The van der Waals surface area contributed by atoms with Crippen molar-refractivity contribution in [1.29, 1.82) is 0 Å². The highest BCUT2D eigenvalue weighted by atomic mass is 16.7. The van der Waals surface area contributed by atoms with Crippen molar-refractivity contribution >= 4 is 18.7 Å². The van der Waals surface area contributed by atoms with Crippen molar-refractivity contribution in [1.82, 2.24) is 10.3 Å². The molecule has 1 aliphatic heterocycles. The lowest BCUT2D eigenvalue weighted by molar-refractivity contribution is 0.00578. The summed E-state index contributed by atoms with van der Waals surface area (Å²) < 4.78 is 12.1. The van der Waals surface area contributed by atoms with Crippen LogP contribution in [0, 0.1) is 0 Å². The number of hydrogen-bond donors (Lipinski definition) is 1. The zero-order valence-electron chi connectivity index (χ0n) is 13.6. The van der Waals surface area contributed by atoms with Gasteiger partial charge < -0.3 is 14.6 Å². The smallest absolute Gasteiger partial charge is 0.399 e. The van der Waals surface area contributed by atoms with Gasteiger partial charge in [-0.25, -0.2) is 0 Å². The number of nitrogens with zero attached hydrogens (tertiary/aromatic N) is 1. The van der Waals surface area contributed by atoms with Gasteiger partial charge in [0.25, 0.3) is 0 Å². The topological polar surface area (TPSA) is 43.4 Å². The van der Waals surface area contributed by atoms with Gasteiger partial charge in [-0.2, -0.15) is 0 Å². The highest BCUT2D eigenvalue weighted by molar-refractivity contribution is 6.62. The summed E-state index contributed by atoms with van der Waals surface area (Å²) in [4.78, 5) is 4.30. The standard InChI is InChI=1S/C16H25BN2O2/c1-15(2)16(3,4)21-17(20-15)14-10-13(11-19-12-14)8-6-7-9-18-5/h6,8,10-12,18H,7,9H2,1-5H3. The van der Waals surface area contributed by atoms with Crippen LogP contribution in [-0.2, 0) is 9.31 Å². The molecule has 0 saturated carbocycles. The summed E-state index contributed by atoms with van der Waals surface area (Å²) >= 11 is 0. The largest absolute Gasteiger partial charge is 0.496 e. The van der Waals surface area contributed by atoms with Crippen molar-refractivity contribution in [2.45, 2.75) is 45.3 Å². The van der Waals surface area contributed by atoms with Crippen LogP contribution < -0.4 is 10.8 Å². The highest BCUT2D eigenvalue weighted by Gasteiger charge is 2.51. The number of pyridine rings is 1. The Hall–Kier alpha value is -1.17. The minimum Gasteiger partial charge on any atom is -0.399 e. The summed E-state index contributed by atoms with van der Waals surface area (Å²) in [6, 6.07) is 2.07. The summed E-state index contributed by atoms with van der Waals surface area (Å²) in [6.45, 7) is 9.20. The molecule has 2 heterocycles. The second kappa shape index (κ2) is 6.30. The van der Waals surface area contributed by atoms with E-state index in [1.54, 1.807) is 0 Å². The molecule has 0 bridgehead atoms. The maximum Gasteiger partial charge on any atom is 0.496 e. The molecule has 1 aromatic heterocycles. The van der Waals surface area contributed by atoms with Gasteiger partial charge in [-0.15, -0.1) is 0 Å². The second-order valence-corrected chi connectivity index (χ2v) is 6.43. The monoisotopic (exact) mass is 288 g/mol. The highest BCUT2D eigenvalue weighted by Crippen LogP contribution is 2.36. The third kappa shape index (κ3) is 3.73. The minimum atomic E-state index is -0.354.